The van der Waals surface area contributed by atoms with Gasteiger partial charge in [0.2, 0.25) is 5.95 Å². The maximum absolute atomic E-state index is 5.27. The van der Waals surface area contributed by atoms with Crippen LogP contribution in [0.4, 0.5) is 0 Å². The number of hydrogen-bond acceptors (Lipinski definition) is 2. The summed E-state index contributed by atoms with van der Waals surface area (Å²) >= 11 is 0. The van der Waals surface area contributed by atoms with Crippen LogP contribution in [0, 0.1) is 0 Å². The fourth-order valence-corrected chi connectivity index (χ4v) is 8.12. The van der Waals surface area contributed by atoms with E-state index in [4.69, 9.17) is 9.97 Å². The van der Waals surface area contributed by atoms with Crippen molar-refractivity contribution in [3.63, 3.8) is 0 Å². The monoisotopic (exact) mass is 636 g/mol. The zero-order valence-corrected chi connectivity index (χ0v) is 27.0. The number of benzene rings is 8. The molecule has 0 aliphatic rings. The predicted octanol–water partition coefficient (Wildman–Crippen LogP) is 11.8. The van der Waals surface area contributed by atoms with Gasteiger partial charge >= 0.3 is 0 Å². The van der Waals surface area contributed by atoms with E-state index in [0.717, 1.165) is 38.9 Å². The van der Waals surface area contributed by atoms with Gasteiger partial charge in [-0.1, -0.05) is 133 Å². The summed E-state index contributed by atoms with van der Waals surface area (Å²) in [4.78, 5) is 10.4. The molecule has 4 nitrogen and oxygen atoms in total. The summed E-state index contributed by atoms with van der Waals surface area (Å²) in [5.41, 5.74) is 8.69. The molecule has 0 saturated carbocycles. The van der Waals surface area contributed by atoms with Crippen molar-refractivity contribution in [3.05, 3.63) is 170 Å². The molecular weight excluding hydrogens is 609 g/mol. The van der Waals surface area contributed by atoms with Crippen molar-refractivity contribution in [1.82, 2.24) is 19.1 Å². The zero-order valence-electron chi connectivity index (χ0n) is 27.0. The van der Waals surface area contributed by atoms with Gasteiger partial charge < -0.3 is 4.57 Å². The molecule has 8 aromatic carbocycles. The maximum Gasteiger partial charge on any atom is 0.235 e. The highest BCUT2D eigenvalue weighted by atomic mass is 15.2. The summed E-state index contributed by atoms with van der Waals surface area (Å²) in [6.07, 6.45) is 0. The highest BCUT2D eigenvalue weighted by molar-refractivity contribution is 6.22. The quantitative estimate of drug-likeness (QED) is 0.193. The summed E-state index contributed by atoms with van der Waals surface area (Å²) in [5.74, 6) is 0.668. The van der Waals surface area contributed by atoms with Gasteiger partial charge in [0.1, 0.15) is 0 Å². The summed E-state index contributed by atoms with van der Waals surface area (Å²) in [7, 11) is 0. The van der Waals surface area contributed by atoms with Crippen LogP contribution in [0.1, 0.15) is 0 Å². The van der Waals surface area contributed by atoms with Crippen LogP contribution in [0.5, 0.6) is 0 Å². The van der Waals surface area contributed by atoms with E-state index >= 15 is 0 Å². The highest BCUT2D eigenvalue weighted by Gasteiger charge is 2.20. The molecule has 232 valence electrons. The Morgan fingerprint density at radius 2 is 1.04 bits per heavy atom. The summed E-state index contributed by atoms with van der Waals surface area (Å²) in [5, 5.41) is 10.8. The van der Waals surface area contributed by atoms with Gasteiger partial charge in [0.05, 0.1) is 33.3 Å². The minimum Gasteiger partial charge on any atom is -0.309 e. The lowest BCUT2D eigenvalue weighted by Crippen LogP contribution is -2.03. The van der Waals surface area contributed by atoms with Crippen LogP contribution >= 0.6 is 0 Å². The first-order valence-corrected chi connectivity index (χ1v) is 17.0. The van der Waals surface area contributed by atoms with Crippen LogP contribution in [0.25, 0.3) is 99.0 Å². The normalized spacial score (nSPS) is 12.0. The largest absolute Gasteiger partial charge is 0.309 e. The number of nitrogens with zero attached hydrogens (tertiary/aromatic N) is 4. The van der Waals surface area contributed by atoms with Crippen LogP contribution in [0.2, 0.25) is 0 Å². The maximum atomic E-state index is 5.27. The third-order valence-corrected chi connectivity index (χ3v) is 10.3. The van der Waals surface area contributed by atoms with Crippen LogP contribution in [-0.2, 0) is 0 Å². The van der Waals surface area contributed by atoms with Gasteiger partial charge in [-0.15, -0.1) is 0 Å². The van der Waals surface area contributed by atoms with Crippen molar-refractivity contribution >= 4 is 76.1 Å². The topological polar surface area (TPSA) is 35.6 Å². The number of rotatable bonds is 3. The minimum atomic E-state index is 0.668. The molecule has 0 aliphatic heterocycles. The molecule has 0 saturated heterocycles. The fourth-order valence-electron chi connectivity index (χ4n) is 8.12. The number of hydrogen-bond donors (Lipinski definition) is 0. The van der Waals surface area contributed by atoms with Gasteiger partial charge in [-0.2, -0.15) is 0 Å². The van der Waals surface area contributed by atoms with E-state index in [9.17, 15) is 0 Å². The molecule has 0 fully saturated rings. The average Bonchev–Trinajstić information content (AvgIpc) is 3.71. The van der Waals surface area contributed by atoms with Crippen molar-refractivity contribution in [1.29, 1.82) is 0 Å². The molecule has 0 unspecified atom stereocenters. The Morgan fingerprint density at radius 3 is 1.90 bits per heavy atom. The van der Waals surface area contributed by atoms with E-state index in [1.54, 1.807) is 0 Å². The van der Waals surface area contributed by atoms with Crippen molar-refractivity contribution in [2.45, 2.75) is 0 Å². The molecule has 0 N–H and O–H groups in total. The van der Waals surface area contributed by atoms with Crippen molar-refractivity contribution in [2.24, 2.45) is 0 Å². The van der Waals surface area contributed by atoms with E-state index in [1.165, 1.54) is 54.1 Å². The molecule has 50 heavy (non-hydrogen) atoms. The van der Waals surface area contributed by atoms with Gasteiger partial charge in [-0.05, 0) is 52.6 Å². The Kier molecular flexibility index (Phi) is 5.63. The standard InChI is InChI=1S/C46H28N4/c1-2-13-30(14-3-1)44-37-17-6-9-19-39(37)47-46(48-44)50-41-21-11-8-18-38(41)43-33-26-24-32(28-31(33)23-27-42(43)50)49-40-20-10-7-16-35(40)36-25-22-29-12-4-5-15-34(29)45(36)49/h1-28H. The van der Waals surface area contributed by atoms with E-state index in [2.05, 4.69) is 167 Å². The molecule has 11 rings (SSSR count). The Hall–Kier alpha value is -6.78. The molecule has 3 aromatic heterocycles. The second-order valence-electron chi connectivity index (χ2n) is 13.0. The lowest BCUT2D eigenvalue weighted by Gasteiger charge is -2.13. The van der Waals surface area contributed by atoms with E-state index in [1.807, 2.05) is 12.1 Å². The second-order valence-corrected chi connectivity index (χ2v) is 13.0. The Bertz CT molecular complexity index is 3150. The van der Waals surface area contributed by atoms with Crippen LogP contribution in [0.3, 0.4) is 0 Å². The highest BCUT2D eigenvalue weighted by Crippen LogP contribution is 2.40. The molecule has 0 radical (unpaired) electrons. The molecule has 0 atom stereocenters. The van der Waals surface area contributed by atoms with Crippen molar-refractivity contribution < 1.29 is 0 Å². The van der Waals surface area contributed by atoms with Crippen molar-refractivity contribution in [3.8, 4) is 22.9 Å². The molecule has 0 amide bonds. The van der Waals surface area contributed by atoms with Crippen LogP contribution < -0.4 is 0 Å². The SMILES string of the molecule is c1ccc(-c2nc(-n3c4ccccc4c4c5ccc(-n6c7ccccc7c7ccc8ccccc8c76)cc5ccc43)nc3ccccc23)cc1. The molecule has 11 aromatic rings. The van der Waals surface area contributed by atoms with Gasteiger partial charge in [0, 0.05) is 43.6 Å². The summed E-state index contributed by atoms with van der Waals surface area (Å²) < 4.78 is 4.67. The smallest absolute Gasteiger partial charge is 0.235 e. The van der Waals surface area contributed by atoms with Crippen LogP contribution in [0.15, 0.2) is 170 Å². The lowest BCUT2D eigenvalue weighted by atomic mass is 10.0. The second kappa shape index (κ2) is 10.4. The molecular formula is C46H28N4. The first-order valence-electron chi connectivity index (χ1n) is 17.0. The van der Waals surface area contributed by atoms with E-state index in [0.29, 0.717) is 5.95 Å². The fraction of sp³-hybridized carbons (Fsp3) is 0. The first-order chi connectivity index (χ1) is 24.8. The average molecular weight is 637 g/mol. The minimum absolute atomic E-state index is 0.668. The van der Waals surface area contributed by atoms with E-state index < -0.39 is 0 Å². The summed E-state index contributed by atoms with van der Waals surface area (Å²) in [6.45, 7) is 0. The van der Waals surface area contributed by atoms with Gasteiger partial charge in [0.15, 0.2) is 0 Å². The Morgan fingerprint density at radius 1 is 0.380 bits per heavy atom. The number of aromatic nitrogens is 4. The van der Waals surface area contributed by atoms with Crippen LogP contribution in [-0.4, -0.2) is 19.1 Å². The predicted molar refractivity (Wildman–Crippen MR) is 209 cm³/mol. The Balaban J connectivity index is 1.19. The van der Waals surface area contributed by atoms with Gasteiger partial charge in [0.25, 0.3) is 0 Å². The third kappa shape index (κ3) is 3.81. The number of fused-ring (bicyclic) bond motifs is 11. The first kappa shape index (κ1) is 27.2. The van der Waals surface area contributed by atoms with E-state index in [-0.39, 0.29) is 0 Å². The summed E-state index contributed by atoms with van der Waals surface area (Å²) in [6, 6.07) is 60.7. The van der Waals surface area contributed by atoms with Crippen molar-refractivity contribution in [2.75, 3.05) is 0 Å². The molecule has 3 heterocycles. The lowest BCUT2D eigenvalue weighted by molar-refractivity contribution is 1.01. The van der Waals surface area contributed by atoms with Gasteiger partial charge in [-0.25, -0.2) is 9.97 Å². The third-order valence-electron chi connectivity index (χ3n) is 10.3. The Labute approximate surface area is 287 Å². The molecule has 4 heteroatoms. The zero-order chi connectivity index (χ0) is 32.8. The molecule has 0 aliphatic carbocycles. The molecule has 0 bridgehead atoms. The number of para-hydroxylation sites is 3. The molecule has 0 spiro atoms. The van der Waals surface area contributed by atoms with Gasteiger partial charge in [-0.3, -0.25) is 4.57 Å².